The summed E-state index contributed by atoms with van der Waals surface area (Å²) >= 11 is -2.23. The number of aliphatic carboxylic acids is 1. The molecule has 3 aliphatic rings. The molecule has 240 valence electrons. The van der Waals surface area contributed by atoms with Crippen LogP contribution in [0.5, 0.6) is 0 Å². The number of fused-ring (bicyclic) bond motifs is 2. The van der Waals surface area contributed by atoms with Gasteiger partial charge in [0.05, 0.1) is 0 Å². The van der Waals surface area contributed by atoms with Gasteiger partial charge in [-0.05, 0) is 50.5 Å². The number of nitrogens with zero attached hydrogens (tertiary/aromatic N) is 2. The maximum absolute atomic E-state index is 13.8. The van der Waals surface area contributed by atoms with Crippen LogP contribution in [0.2, 0.25) is 0 Å². The molecule has 0 radical (unpaired) electrons. The monoisotopic (exact) mass is 614 g/mol. The van der Waals surface area contributed by atoms with Crippen LogP contribution >= 0.6 is 0 Å². The number of carboxylic acids is 1. The number of rotatable bonds is 9. The topological polar surface area (TPSA) is 180 Å². The van der Waals surface area contributed by atoms with Crippen molar-refractivity contribution in [3.63, 3.8) is 0 Å². The van der Waals surface area contributed by atoms with Gasteiger partial charge in [-0.15, -0.1) is 0 Å². The summed E-state index contributed by atoms with van der Waals surface area (Å²) in [6, 6.07) is -2.71. The number of carbonyl (C=O) groups is 4. The first-order valence-corrected chi connectivity index (χ1v) is 16.3. The molecule has 0 bridgehead atoms. The summed E-state index contributed by atoms with van der Waals surface area (Å²) in [4.78, 5) is 54.1. The summed E-state index contributed by atoms with van der Waals surface area (Å²) in [6.07, 6.45) is 6.95. The van der Waals surface area contributed by atoms with E-state index in [9.17, 15) is 33.0 Å². The Morgan fingerprint density at radius 2 is 1.79 bits per heavy atom. The van der Waals surface area contributed by atoms with Gasteiger partial charge in [-0.25, -0.2) is 13.8 Å². The molecule has 2 saturated heterocycles. The summed E-state index contributed by atoms with van der Waals surface area (Å²) in [7, 11) is 1.75. The highest BCUT2D eigenvalue weighted by Crippen LogP contribution is 2.47. The zero-order valence-corrected chi connectivity index (χ0v) is 26.3. The lowest BCUT2D eigenvalue weighted by Crippen LogP contribution is -2.59. The van der Waals surface area contributed by atoms with Gasteiger partial charge in [0, 0.05) is 32.2 Å². The van der Waals surface area contributed by atoms with Crippen molar-refractivity contribution in [3.8, 4) is 0 Å². The van der Waals surface area contributed by atoms with Crippen molar-refractivity contribution in [2.45, 2.75) is 109 Å². The molecule has 0 aromatic rings. The highest BCUT2D eigenvalue weighted by molar-refractivity contribution is 7.76. The molecule has 13 nitrogen and oxygen atoms in total. The minimum Gasteiger partial charge on any atom is -0.479 e. The smallest absolute Gasteiger partial charge is 0.329 e. The van der Waals surface area contributed by atoms with Gasteiger partial charge in [-0.1, -0.05) is 52.9 Å². The minimum atomic E-state index is -2.23. The second-order valence-corrected chi connectivity index (χ2v) is 14.0. The first kappa shape index (κ1) is 34.2. The van der Waals surface area contributed by atoms with Crippen LogP contribution in [-0.4, -0.2) is 104 Å². The lowest BCUT2D eigenvalue weighted by atomic mass is 9.86. The highest BCUT2D eigenvalue weighted by Gasteiger charge is 2.61. The molecule has 1 aliphatic carbocycles. The van der Waals surface area contributed by atoms with E-state index in [1.54, 1.807) is 7.05 Å². The normalized spacial score (nSPS) is 28.9. The maximum atomic E-state index is 13.8. The van der Waals surface area contributed by atoms with Gasteiger partial charge in [0.15, 0.2) is 0 Å². The zero-order valence-electron chi connectivity index (χ0n) is 25.4. The standard InChI is InChI=1S/C28H50N6O7S/c1-27(2,3)22(18-33(42(40)41)16-14-29-4)31-26(39)30-20-12-9-7-5-6-8-11-19-17-28(19,25(37)38)32-23(35)21-13-10-15-34(21)24(20)36/h19-22,29H,5-18H2,1-4H3,(H,32,35)(H,37,38)(H,40,41)(H2,30,31,39)/t19?,20-,21-,22+,28+/m0/s1. The van der Waals surface area contributed by atoms with Crippen molar-refractivity contribution in [3.05, 3.63) is 0 Å². The SMILES string of the molecule is CNCCN(C[C@@H](NC(=O)N[C@H]1CCCCCCCC2C[C@@]2(C(=O)O)NC(=O)[C@@H]2CCCN2C1=O)C(C)(C)C)S(=O)O. The van der Waals surface area contributed by atoms with Gasteiger partial charge in [-0.3, -0.25) is 14.1 Å². The van der Waals surface area contributed by atoms with Gasteiger partial charge in [-0.2, -0.15) is 4.31 Å². The molecule has 14 heteroatoms. The van der Waals surface area contributed by atoms with Gasteiger partial charge in [0.1, 0.15) is 17.6 Å². The Hall–Kier alpha value is -2.29. The van der Waals surface area contributed by atoms with Crippen molar-refractivity contribution < 1.29 is 33.0 Å². The summed E-state index contributed by atoms with van der Waals surface area (Å²) in [5.74, 6) is -1.93. The van der Waals surface area contributed by atoms with E-state index in [2.05, 4.69) is 21.3 Å². The van der Waals surface area contributed by atoms with E-state index in [0.29, 0.717) is 51.7 Å². The third kappa shape index (κ3) is 8.87. The van der Waals surface area contributed by atoms with Crippen molar-refractivity contribution in [1.29, 1.82) is 0 Å². The summed E-state index contributed by atoms with van der Waals surface area (Å²) in [6.45, 7) is 7.04. The Morgan fingerprint density at radius 3 is 2.40 bits per heavy atom. The van der Waals surface area contributed by atoms with E-state index >= 15 is 0 Å². The van der Waals surface area contributed by atoms with Crippen LogP contribution in [0.1, 0.15) is 85.0 Å². The van der Waals surface area contributed by atoms with Crippen molar-refractivity contribution in [2.24, 2.45) is 11.3 Å². The second kappa shape index (κ2) is 14.9. The molecule has 0 aromatic heterocycles. The number of hydrogen-bond acceptors (Lipinski definition) is 6. The van der Waals surface area contributed by atoms with Crippen LogP contribution in [0, 0.1) is 11.3 Å². The molecule has 42 heavy (non-hydrogen) atoms. The molecular weight excluding hydrogens is 564 g/mol. The van der Waals surface area contributed by atoms with E-state index in [1.807, 2.05) is 20.8 Å². The number of carboxylic acid groups (broad SMARTS) is 1. The predicted octanol–water partition coefficient (Wildman–Crippen LogP) is 1.42. The fraction of sp³-hybridized carbons (Fsp3) is 0.857. The van der Waals surface area contributed by atoms with Crippen molar-refractivity contribution in [1.82, 2.24) is 30.5 Å². The van der Waals surface area contributed by atoms with Crippen molar-refractivity contribution >= 4 is 35.1 Å². The first-order chi connectivity index (χ1) is 19.8. The summed E-state index contributed by atoms with van der Waals surface area (Å²) < 4.78 is 23.1. The van der Waals surface area contributed by atoms with Gasteiger partial charge >= 0.3 is 12.0 Å². The molecule has 3 rings (SSSR count). The molecule has 2 unspecified atom stereocenters. The van der Waals surface area contributed by atoms with E-state index in [4.69, 9.17) is 0 Å². The predicted molar refractivity (Wildman–Crippen MR) is 159 cm³/mol. The van der Waals surface area contributed by atoms with Crippen LogP contribution in [0.15, 0.2) is 0 Å². The van der Waals surface area contributed by atoms with E-state index < -0.39 is 58.3 Å². The molecule has 3 fully saturated rings. The Morgan fingerprint density at radius 1 is 1.12 bits per heavy atom. The average molecular weight is 615 g/mol. The number of hydrogen-bond donors (Lipinski definition) is 6. The lowest BCUT2D eigenvalue weighted by Gasteiger charge is -2.35. The third-order valence-corrected chi connectivity index (χ3v) is 9.66. The maximum Gasteiger partial charge on any atom is 0.329 e. The Balaban J connectivity index is 1.75. The minimum absolute atomic E-state index is 0.0964. The molecule has 2 heterocycles. The molecule has 0 spiro atoms. The van der Waals surface area contributed by atoms with Crippen LogP contribution < -0.4 is 21.3 Å². The molecule has 6 atom stereocenters. The fourth-order valence-electron chi connectivity index (χ4n) is 6.05. The molecule has 0 aromatic carbocycles. The Labute approximate surface area is 251 Å². The van der Waals surface area contributed by atoms with E-state index in [-0.39, 0.29) is 18.4 Å². The van der Waals surface area contributed by atoms with Gasteiger partial charge < -0.3 is 31.3 Å². The molecule has 6 N–H and O–H groups in total. The number of carbonyl (C=O) groups excluding carboxylic acids is 3. The van der Waals surface area contributed by atoms with Gasteiger partial charge in [0.25, 0.3) is 0 Å². The number of amides is 4. The molecule has 1 saturated carbocycles. The van der Waals surface area contributed by atoms with Crippen LogP contribution in [0.3, 0.4) is 0 Å². The highest BCUT2D eigenvalue weighted by atomic mass is 32.2. The first-order valence-electron chi connectivity index (χ1n) is 15.2. The van der Waals surface area contributed by atoms with Crippen LogP contribution in [0.4, 0.5) is 4.79 Å². The second-order valence-electron chi connectivity index (χ2n) is 13.0. The average Bonchev–Trinajstić information content (AvgIpc) is 3.37. The zero-order chi connectivity index (χ0) is 31.1. The number of likely N-dealkylation sites (N-methyl/N-ethyl adjacent to an activating group) is 1. The van der Waals surface area contributed by atoms with Crippen LogP contribution in [0.25, 0.3) is 0 Å². The molecule has 4 amide bonds. The summed E-state index contributed by atoms with van der Waals surface area (Å²) in [5.41, 5.74) is -1.72. The summed E-state index contributed by atoms with van der Waals surface area (Å²) in [5, 5.41) is 21.4. The largest absolute Gasteiger partial charge is 0.479 e. The lowest BCUT2D eigenvalue weighted by molar-refractivity contribution is -0.145. The fourth-order valence-corrected chi connectivity index (χ4v) is 6.57. The van der Waals surface area contributed by atoms with Crippen molar-refractivity contribution in [2.75, 3.05) is 33.2 Å². The quantitative estimate of drug-likeness (QED) is 0.211. The molecule has 2 aliphatic heterocycles. The van der Waals surface area contributed by atoms with Crippen LogP contribution in [-0.2, 0) is 25.7 Å². The third-order valence-electron chi connectivity index (χ3n) is 8.89. The van der Waals surface area contributed by atoms with Gasteiger partial charge in [0.2, 0.25) is 23.1 Å². The number of nitrogens with one attached hydrogen (secondary N) is 4. The Bertz CT molecular complexity index is 1010. The van der Waals surface area contributed by atoms with E-state index in [0.717, 1.165) is 32.1 Å². The Kier molecular flexibility index (Phi) is 12.2. The number of urea groups is 1. The van der Waals surface area contributed by atoms with E-state index in [1.165, 1.54) is 9.21 Å². The molecular formula is C28H50N6O7S.